The molecule has 2 aromatic rings. The van der Waals surface area contributed by atoms with Gasteiger partial charge in [-0.2, -0.15) is 8.78 Å². The van der Waals surface area contributed by atoms with Gasteiger partial charge in [0.15, 0.2) is 0 Å². The molecule has 2 rings (SSSR count). The predicted octanol–water partition coefficient (Wildman–Crippen LogP) is 3.97. The van der Waals surface area contributed by atoms with Crippen LogP contribution in [0.4, 0.5) is 20.2 Å². The zero-order chi connectivity index (χ0) is 20.7. The molecule has 0 bridgehead atoms. The number of benzene rings is 2. The van der Waals surface area contributed by atoms with Gasteiger partial charge in [-0.3, -0.25) is 14.9 Å². The first-order valence-corrected chi connectivity index (χ1v) is 8.52. The lowest BCUT2D eigenvalue weighted by atomic mass is 10.1. The van der Waals surface area contributed by atoms with E-state index < -0.39 is 11.5 Å². The minimum absolute atomic E-state index is 0.0831. The standard InChI is InChI=1S/C19H21F2N3O4/c1-13-6-7-15(24(26)27)11-17(13)22-18(25)8-9-23(2)12-14-4-3-5-16(10-14)28-19(20)21/h3-7,10-11,19H,8-9,12H2,1-2H3,(H,22,25). The molecule has 28 heavy (non-hydrogen) atoms. The lowest BCUT2D eigenvalue weighted by molar-refractivity contribution is -0.384. The average molecular weight is 393 g/mol. The smallest absolute Gasteiger partial charge is 0.387 e. The number of carbonyl (C=O) groups excluding carboxylic acids is 1. The topological polar surface area (TPSA) is 84.7 Å². The molecule has 0 aliphatic heterocycles. The van der Waals surface area contributed by atoms with Gasteiger partial charge in [0.25, 0.3) is 5.69 Å². The van der Waals surface area contributed by atoms with Crippen LogP contribution in [0.3, 0.4) is 0 Å². The van der Waals surface area contributed by atoms with Gasteiger partial charge < -0.3 is 15.0 Å². The Balaban J connectivity index is 1.87. The summed E-state index contributed by atoms with van der Waals surface area (Å²) in [7, 11) is 1.80. The number of alkyl halides is 2. The van der Waals surface area contributed by atoms with E-state index in [2.05, 4.69) is 10.1 Å². The van der Waals surface area contributed by atoms with Gasteiger partial charge >= 0.3 is 6.61 Å². The highest BCUT2D eigenvalue weighted by molar-refractivity contribution is 5.92. The van der Waals surface area contributed by atoms with E-state index in [0.717, 1.165) is 11.1 Å². The van der Waals surface area contributed by atoms with Crippen LogP contribution in [0, 0.1) is 17.0 Å². The highest BCUT2D eigenvalue weighted by Gasteiger charge is 2.12. The summed E-state index contributed by atoms with van der Waals surface area (Å²) in [6.07, 6.45) is 0.172. The van der Waals surface area contributed by atoms with Gasteiger partial charge in [0.2, 0.25) is 5.91 Å². The second kappa shape index (κ2) is 9.75. The van der Waals surface area contributed by atoms with Crippen molar-refractivity contribution in [1.82, 2.24) is 4.90 Å². The highest BCUT2D eigenvalue weighted by atomic mass is 19.3. The summed E-state index contributed by atoms with van der Waals surface area (Å²) >= 11 is 0. The maximum Gasteiger partial charge on any atom is 0.387 e. The predicted molar refractivity (Wildman–Crippen MR) is 100 cm³/mol. The molecule has 1 amide bonds. The lowest BCUT2D eigenvalue weighted by Crippen LogP contribution is -2.24. The molecule has 0 heterocycles. The van der Waals surface area contributed by atoms with Crippen molar-refractivity contribution in [1.29, 1.82) is 0 Å². The van der Waals surface area contributed by atoms with Crippen LogP contribution in [0.1, 0.15) is 17.5 Å². The fourth-order valence-corrected chi connectivity index (χ4v) is 2.57. The molecule has 0 saturated heterocycles. The van der Waals surface area contributed by atoms with Crippen molar-refractivity contribution < 1.29 is 23.2 Å². The van der Waals surface area contributed by atoms with E-state index in [9.17, 15) is 23.7 Å². The molecule has 9 heteroatoms. The molecular weight excluding hydrogens is 372 g/mol. The van der Waals surface area contributed by atoms with E-state index >= 15 is 0 Å². The highest BCUT2D eigenvalue weighted by Crippen LogP contribution is 2.22. The number of nitrogens with zero attached hydrogens (tertiary/aromatic N) is 2. The van der Waals surface area contributed by atoms with Gasteiger partial charge in [0, 0.05) is 31.6 Å². The number of amides is 1. The number of ether oxygens (including phenoxy) is 1. The number of nitro groups is 1. The Hall–Kier alpha value is -3.07. The van der Waals surface area contributed by atoms with E-state index in [1.165, 1.54) is 24.3 Å². The maximum absolute atomic E-state index is 12.3. The monoisotopic (exact) mass is 393 g/mol. The number of non-ortho nitro benzene ring substituents is 1. The molecule has 0 unspecified atom stereocenters. The zero-order valence-electron chi connectivity index (χ0n) is 15.5. The Morgan fingerprint density at radius 3 is 2.71 bits per heavy atom. The molecule has 0 saturated carbocycles. The molecule has 1 N–H and O–H groups in total. The Labute approximate surface area is 161 Å². The molecule has 0 radical (unpaired) electrons. The molecule has 0 aromatic heterocycles. The summed E-state index contributed by atoms with van der Waals surface area (Å²) in [5.74, 6) is -0.190. The quantitative estimate of drug-likeness (QED) is 0.515. The first kappa shape index (κ1) is 21.2. The Morgan fingerprint density at radius 2 is 2.04 bits per heavy atom. The summed E-state index contributed by atoms with van der Waals surface area (Å²) in [6.45, 7) is -0.266. The molecule has 0 aliphatic carbocycles. The first-order chi connectivity index (χ1) is 13.2. The van der Waals surface area contributed by atoms with Crippen LogP contribution < -0.4 is 10.1 Å². The van der Waals surface area contributed by atoms with E-state index in [-0.39, 0.29) is 23.8 Å². The third-order valence-corrected chi connectivity index (χ3v) is 4.00. The van der Waals surface area contributed by atoms with Crippen molar-refractivity contribution in [2.45, 2.75) is 26.5 Å². The van der Waals surface area contributed by atoms with Gasteiger partial charge in [-0.25, -0.2) is 0 Å². The average Bonchev–Trinajstić information content (AvgIpc) is 2.61. The van der Waals surface area contributed by atoms with Crippen LogP contribution in [0.2, 0.25) is 0 Å². The van der Waals surface area contributed by atoms with Crippen LogP contribution >= 0.6 is 0 Å². The van der Waals surface area contributed by atoms with Gasteiger partial charge in [-0.1, -0.05) is 18.2 Å². The van der Waals surface area contributed by atoms with E-state index in [1.807, 2.05) is 4.90 Å². The van der Waals surface area contributed by atoms with Gasteiger partial charge in [-0.05, 0) is 37.2 Å². The SMILES string of the molecule is Cc1ccc([N+](=O)[O-])cc1NC(=O)CCN(C)Cc1cccc(OC(F)F)c1. The molecule has 0 fully saturated rings. The number of rotatable bonds is 9. The minimum atomic E-state index is -2.88. The Kier molecular flexibility index (Phi) is 7.39. The molecular formula is C19H21F2N3O4. The van der Waals surface area contributed by atoms with Gasteiger partial charge in [0.1, 0.15) is 5.75 Å². The van der Waals surface area contributed by atoms with Crippen LogP contribution in [-0.2, 0) is 11.3 Å². The third kappa shape index (κ3) is 6.58. The second-order valence-corrected chi connectivity index (χ2v) is 6.32. The van der Waals surface area contributed by atoms with E-state index in [1.54, 1.807) is 32.2 Å². The summed E-state index contributed by atoms with van der Waals surface area (Å²) < 4.78 is 28.9. The van der Waals surface area contributed by atoms with Crippen molar-refractivity contribution in [3.05, 3.63) is 63.7 Å². The normalized spacial score (nSPS) is 10.9. The van der Waals surface area contributed by atoms with Crippen LogP contribution in [0.25, 0.3) is 0 Å². The second-order valence-electron chi connectivity index (χ2n) is 6.32. The molecule has 2 aromatic carbocycles. The third-order valence-electron chi connectivity index (χ3n) is 4.00. The van der Waals surface area contributed by atoms with Crippen molar-refractivity contribution in [3.63, 3.8) is 0 Å². The summed E-state index contributed by atoms with van der Waals surface area (Å²) in [4.78, 5) is 24.4. The van der Waals surface area contributed by atoms with Crippen LogP contribution in [0.15, 0.2) is 42.5 Å². The molecule has 7 nitrogen and oxygen atoms in total. The molecule has 150 valence electrons. The fraction of sp³-hybridized carbons (Fsp3) is 0.316. The Bertz CT molecular complexity index is 846. The number of halogens is 2. The number of hydrogen-bond donors (Lipinski definition) is 1. The zero-order valence-corrected chi connectivity index (χ0v) is 15.5. The Morgan fingerprint density at radius 1 is 1.29 bits per heavy atom. The fourth-order valence-electron chi connectivity index (χ4n) is 2.57. The van der Waals surface area contributed by atoms with Crippen LogP contribution in [-0.4, -0.2) is 35.9 Å². The van der Waals surface area contributed by atoms with Crippen molar-refractivity contribution in [2.24, 2.45) is 0 Å². The number of anilines is 1. The summed E-state index contributed by atoms with van der Waals surface area (Å²) in [5, 5.41) is 13.5. The molecule has 0 spiro atoms. The minimum Gasteiger partial charge on any atom is -0.435 e. The molecule has 0 aliphatic rings. The maximum atomic E-state index is 12.3. The summed E-state index contributed by atoms with van der Waals surface area (Å²) in [5.41, 5.74) is 1.81. The molecule has 0 atom stereocenters. The number of hydrogen-bond acceptors (Lipinski definition) is 5. The number of carbonyl (C=O) groups is 1. The van der Waals surface area contributed by atoms with Gasteiger partial charge in [-0.15, -0.1) is 0 Å². The lowest BCUT2D eigenvalue weighted by Gasteiger charge is -2.17. The number of nitro benzene ring substituents is 1. The summed E-state index contributed by atoms with van der Waals surface area (Å²) in [6, 6.07) is 10.7. The van der Waals surface area contributed by atoms with Crippen molar-refractivity contribution >= 4 is 17.3 Å². The van der Waals surface area contributed by atoms with E-state index in [4.69, 9.17) is 0 Å². The number of aryl methyl sites for hydroxylation is 1. The van der Waals surface area contributed by atoms with E-state index in [0.29, 0.717) is 18.8 Å². The first-order valence-electron chi connectivity index (χ1n) is 8.52. The largest absolute Gasteiger partial charge is 0.435 e. The van der Waals surface area contributed by atoms with Gasteiger partial charge in [0.05, 0.1) is 10.6 Å². The number of nitrogens with one attached hydrogen (secondary N) is 1. The van der Waals surface area contributed by atoms with Crippen molar-refractivity contribution in [3.8, 4) is 5.75 Å². The van der Waals surface area contributed by atoms with Crippen molar-refractivity contribution in [2.75, 3.05) is 18.9 Å². The van der Waals surface area contributed by atoms with Crippen LogP contribution in [0.5, 0.6) is 5.75 Å².